The number of hydrogen-bond acceptors (Lipinski definition) is 7. The Bertz CT molecular complexity index is 1740. The normalized spacial score (nSPS) is 12.6. The predicted octanol–water partition coefficient (Wildman–Crippen LogP) is 3.84. The average Bonchev–Trinajstić information content (AvgIpc) is 3.38. The van der Waals surface area contributed by atoms with E-state index in [9.17, 15) is 26.4 Å². The van der Waals surface area contributed by atoms with Crippen molar-refractivity contribution < 1.29 is 30.7 Å². The van der Waals surface area contributed by atoms with Gasteiger partial charge in [-0.2, -0.15) is 17.7 Å². The number of alkyl halides is 3. The molecule has 0 aliphatic heterocycles. The van der Waals surface area contributed by atoms with Crippen molar-refractivity contribution in [2.24, 2.45) is 0 Å². The lowest BCUT2D eigenvalue weighted by atomic mass is 10.1. The monoisotopic (exact) mass is 532 g/mol. The highest BCUT2D eigenvalue weighted by atomic mass is 32.2. The lowest BCUT2D eigenvalue weighted by Crippen LogP contribution is -2.22. The molecule has 0 radical (unpaired) electrons. The molecule has 0 atom stereocenters. The van der Waals surface area contributed by atoms with Crippen LogP contribution in [0.25, 0.3) is 34.0 Å². The zero-order valence-corrected chi connectivity index (χ0v) is 20.5. The van der Waals surface area contributed by atoms with Crippen molar-refractivity contribution >= 4 is 21.2 Å². The van der Waals surface area contributed by atoms with Crippen LogP contribution in [0.4, 0.5) is 13.2 Å². The number of rotatable bonds is 6. The highest BCUT2D eigenvalue weighted by Gasteiger charge is 2.39. The number of aromatic nitrogens is 4. The van der Waals surface area contributed by atoms with E-state index in [1.807, 2.05) is 0 Å². The van der Waals surface area contributed by atoms with Crippen LogP contribution in [0.3, 0.4) is 0 Å². The van der Waals surface area contributed by atoms with Gasteiger partial charge >= 0.3 is 6.18 Å². The first-order valence-corrected chi connectivity index (χ1v) is 12.6. The van der Waals surface area contributed by atoms with Crippen molar-refractivity contribution in [2.45, 2.75) is 18.9 Å². The molecule has 1 aromatic carbocycles. The maximum Gasteiger partial charge on any atom is 0.433 e. The number of fused-ring (bicyclic) bond motifs is 1. The van der Waals surface area contributed by atoms with Crippen LogP contribution < -0.4 is 5.56 Å². The number of aryl methyl sites for hydroxylation is 1. The third-order valence-electron chi connectivity index (χ3n) is 5.28. The van der Waals surface area contributed by atoms with Crippen LogP contribution in [0.5, 0.6) is 0 Å². The van der Waals surface area contributed by atoms with Crippen LogP contribution >= 0.6 is 0 Å². The van der Waals surface area contributed by atoms with E-state index in [1.165, 1.54) is 44.4 Å². The summed E-state index contributed by atoms with van der Waals surface area (Å²) in [5, 5.41) is 2.08. The van der Waals surface area contributed by atoms with E-state index < -0.39 is 49.8 Å². The van der Waals surface area contributed by atoms with E-state index in [4.69, 9.17) is 15.6 Å². The van der Waals surface area contributed by atoms with Gasteiger partial charge in [0.15, 0.2) is 21.2 Å². The SMILES string of the molecule is C#C/C=C(/OC)c1nc(-c2c(CS(C)(=O)=O)nc3c(-c4ccccc4)c(C(F)(F)F)[nH]n3c2=O)oc1C. The van der Waals surface area contributed by atoms with E-state index in [0.29, 0.717) is 4.52 Å². The van der Waals surface area contributed by atoms with Gasteiger partial charge in [0.2, 0.25) is 5.89 Å². The van der Waals surface area contributed by atoms with Gasteiger partial charge in [-0.25, -0.2) is 18.4 Å². The fraction of sp³-hybridized carbons (Fsp3) is 0.208. The average molecular weight is 533 g/mol. The molecule has 3 heterocycles. The third-order valence-corrected chi connectivity index (χ3v) is 6.08. The van der Waals surface area contributed by atoms with Crippen LogP contribution in [-0.4, -0.2) is 41.4 Å². The molecule has 37 heavy (non-hydrogen) atoms. The second-order valence-corrected chi connectivity index (χ2v) is 10.1. The lowest BCUT2D eigenvalue weighted by molar-refractivity contribution is -0.140. The van der Waals surface area contributed by atoms with Gasteiger partial charge in [0.05, 0.1) is 24.1 Å². The molecule has 0 bridgehead atoms. The molecule has 1 N–H and O–H groups in total. The summed E-state index contributed by atoms with van der Waals surface area (Å²) in [6, 6.07) is 7.50. The van der Waals surface area contributed by atoms with Crippen molar-refractivity contribution in [3.05, 3.63) is 69.6 Å². The Balaban J connectivity index is 2.11. The number of terminal acetylenes is 1. The minimum absolute atomic E-state index is 0.122. The first-order valence-electron chi connectivity index (χ1n) is 10.5. The van der Waals surface area contributed by atoms with E-state index >= 15 is 0 Å². The molecule has 9 nitrogen and oxygen atoms in total. The fourth-order valence-corrected chi connectivity index (χ4v) is 4.50. The van der Waals surface area contributed by atoms with Crippen LogP contribution in [0.2, 0.25) is 0 Å². The number of allylic oxidation sites excluding steroid dienone is 1. The van der Waals surface area contributed by atoms with Crippen molar-refractivity contribution in [3.8, 4) is 34.9 Å². The van der Waals surface area contributed by atoms with Crippen molar-refractivity contribution in [2.75, 3.05) is 13.4 Å². The highest BCUT2D eigenvalue weighted by molar-refractivity contribution is 7.89. The Morgan fingerprint density at radius 2 is 1.92 bits per heavy atom. The maximum atomic E-state index is 14.0. The molecule has 0 fully saturated rings. The van der Waals surface area contributed by atoms with Gasteiger partial charge in [-0.3, -0.25) is 9.89 Å². The summed E-state index contributed by atoms with van der Waals surface area (Å²) in [5.41, 5.74) is -3.59. The molecule has 192 valence electrons. The maximum absolute atomic E-state index is 14.0. The number of nitrogens with one attached hydrogen (secondary N) is 1. The lowest BCUT2D eigenvalue weighted by Gasteiger charge is -2.08. The molecule has 0 saturated heterocycles. The van der Waals surface area contributed by atoms with Gasteiger partial charge in [0.25, 0.3) is 5.56 Å². The Hall–Kier alpha value is -4.31. The molecular formula is C24H19F3N4O5S. The largest absolute Gasteiger partial charge is 0.494 e. The zero-order valence-electron chi connectivity index (χ0n) is 19.7. The third kappa shape index (κ3) is 4.88. The summed E-state index contributed by atoms with van der Waals surface area (Å²) in [7, 11) is -2.47. The van der Waals surface area contributed by atoms with E-state index in [0.717, 1.165) is 6.26 Å². The first kappa shape index (κ1) is 25.8. The molecule has 13 heteroatoms. The fourth-order valence-electron chi connectivity index (χ4n) is 3.80. The predicted molar refractivity (Wildman–Crippen MR) is 129 cm³/mol. The molecule has 0 amide bonds. The van der Waals surface area contributed by atoms with E-state index in [2.05, 4.69) is 21.0 Å². The number of nitrogens with zero attached hydrogens (tertiary/aromatic N) is 3. The summed E-state index contributed by atoms with van der Waals surface area (Å²) in [4.78, 5) is 22.0. The molecule has 0 saturated carbocycles. The van der Waals surface area contributed by atoms with Crippen molar-refractivity contribution in [1.82, 2.24) is 19.6 Å². The summed E-state index contributed by atoms with van der Waals surface area (Å²) >= 11 is 0. The Morgan fingerprint density at radius 1 is 1.24 bits per heavy atom. The van der Waals surface area contributed by atoms with Crippen LogP contribution in [0.15, 0.2) is 45.6 Å². The van der Waals surface area contributed by atoms with Gasteiger partial charge in [0, 0.05) is 12.3 Å². The summed E-state index contributed by atoms with van der Waals surface area (Å²) in [6.07, 6.45) is 2.57. The van der Waals surface area contributed by atoms with Crippen molar-refractivity contribution in [1.29, 1.82) is 0 Å². The number of hydrogen-bond donors (Lipinski definition) is 1. The number of aromatic amines is 1. The van der Waals surface area contributed by atoms with Crippen LogP contribution in [0, 0.1) is 19.3 Å². The number of ether oxygens (including phenoxy) is 1. The molecule has 0 aliphatic carbocycles. The number of benzene rings is 1. The Morgan fingerprint density at radius 3 is 2.49 bits per heavy atom. The summed E-state index contributed by atoms with van der Waals surface area (Å²) in [5.74, 6) is 1.44. The van der Waals surface area contributed by atoms with E-state index in [1.54, 1.807) is 6.07 Å². The molecule has 0 spiro atoms. The topological polar surface area (TPSA) is 120 Å². The smallest absolute Gasteiger partial charge is 0.433 e. The first-order chi connectivity index (χ1) is 17.4. The number of H-pyrrole nitrogens is 1. The number of methoxy groups -OCH3 is 1. The molecule has 0 unspecified atom stereocenters. The molecular weight excluding hydrogens is 513 g/mol. The highest BCUT2D eigenvalue weighted by Crippen LogP contribution is 2.38. The second kappa shape index (κ2) is 9.29. The van der Waals surface area contributed by atoms with Gasteiger partial charge in [-0.1, -0.05) is 36.3 Å². The molecule has 0 aliphatic rings. The summed E-state index contributed by atoms with van der Waals surface area (Å²) in [6.45, 7) is 1.50. The van der Waals surface area contributed by atoms with Gasteiger partial charge < -0.3 is 9.15 Å². The van der Waals surface area contributed by atoms with Crippen LogP contribution in [0.1, 0.15) is 22.8 Å². The van der Waals surface area contributed by atoms with Crippen molar-refractivity contribution in [3.63, 3.8) is 0 Å². The zero-order chi connectivity index (χ0) is 27.1. The van der Waals surface area contributed by atoms with E-state index in [-0.39, 0.29) is 34.4 Å². The number of sulfone groups is 1. The van der Waals surface area contributed by atoms with Gasteiger partial charge in [0.1, 0.15) is 22.7 Å². The van der Waals surface area contributed by atoms with Gasteiger partial charge in [-0.15, -0.1) is 6.42 Å². The molecule has 4 rings (SSSR count). The minimum atomic E-state index is -4.89. The van der Waals surface area contributed by atoms with Gasteiger partial charge in [-0.05, 0) is 12.5 Å². The standard InChI is InChI=1S/C24H19F3N4O5S/c1-5-9-16(35-3)19-13(2)36-22(29-19)18-15(12-37(4,33)34)28-21-17(14-10-7-6-8-11-14)20(24(25,26)27)30-31(21)23(18)32/h1,6-11,30H,12H2,2-4H3/b16-9+. The molecule has 4 aromatic rings. The number of oxazole rings is 1. The Kier molecular flexibility index (Phi) is 6.47. The Labute approximate surface area is 208 Å². The summed E-state index contributed by atoms with van der Waals surface area (Å²) < 4.78 is 77.9. The number of halogens is 3. The quantitative estimate of drug-likeness (QED) is 0.296. The van der Waals surface area contributed by atoms with Crippen LogP contribution in [-0.2, 0) is 26.5 Å². The minimum Gasteiger partial charge on any atom is -0.494 e. The molecule has 3 aromatic heterocycles. The second-order valence-electron chi connectivity index (χ2n) is 8.00.